The van der Waals surface area contributed by atoms with Gasteiger partial charge in [-0.3, -0.25) is 0 Å². The molecule has 270 valence electrons. The molecule has 0 saturated heterocycles. The van der Waals surface area contributed by atoms with Crippen molar-refractivity contribution < 1.29 is 11.3 Å². The van der Waals surface area contributed by atoms with E-state index in [4.69, 9.17) is 26.2 Å². The molecule has 0 N–H and O–H groups in total. The second-order valence-electron chi connectivity index (χ2n) is 14.4. The van der Waals surface area contributed by atoms with E-state index in [1.807, 2.05) is 84.9 Å². The first-order valence-corrected chi connectivity index (χ1v) is 19.8. The van der Waals surface area contributed by atoms with Crippen molar-refractivity contribution in [1.82, 2.24) is 15.0 Å². The number of nitrogens with zero attached hydrogens (tertiary/aromatic N) is 3. The standard InChI is InChI=1S/C53H31N3OS/c1-3-13-32(14-4-1)38-20-11-21-42-43-22-12-23-44(50(43)58-49(38)42)46-30-36(29-45-37-18-8-7-15-33(37)25-27-39(45)46)53-55-51(34-16-5-2-6-17-34)54-52(56-53)35-26-28-41-40-19-9-10-24-47(40)57-48(41)31-35/h1-31H/i1D,3D,4D,13D,14D. The van der Waals surface area contributed by atoms with E-state index in [0.29, 0.717) is 23.0 Å². The minimum absolute atomic E-state index is 0.193. The number of benzene rings is 9. The number of rotatable bonds is 5. The van der Waals surface area contributed by atoms with Crippen LogP contribution in [0.1, 0.15) is 6.85 Å². The molecular formula is C53H31N3OS. The zero-order chi connectivity index (χ0) is 42.5. The molecule has 0 aliphatic rings. The highest BCUT2D eigenvalue weighted by molar-refractivity contribution is 7.26. The summed E-state index contributed by atoms with van der Waals surface area (Å²) in [6, 6.07) is 51.7. The molecule has 12 aromatic rings. The van der Waals surface area contributed by atoms with Crippen LogP contribution in [-0.2, 0) is 0 Å². The molecule has 0 atom stereocenters. The summed E-state index contributed by atoms with van der Waals surface area (Å²) in [5.41, 5.74) is 6.84. The minimum Gasteiger partial charge on any atom is -0.456 e. The molecule has 0 spiro atoms. The largest absolute Gasteiger partial charge is 0.456 e. The van der Waals surface area contributed by atoms with E-state index in [9.17, 15) is 0 Å². The molecule has 0 saturated carbocycles. The number of hydrogen-bond acceptors (Lipinski definition) is 5. The van der Waals surface area contributed by atoms with Crippen molar-refractivity contribution >= 4 is 75.0 Å². The van der Waals surface area contributed by atoms with Crippen molar-refractivity contribution in [3.63, 3.8) is 0 Å². The van der Waals surface area contributed by atoms with Crippen molar-refractivity contribution in [2.75, 3.05) is 0 Å². The summed E-state index contributed by atoms with van der Waals surface area (Å²) < 4.78 is 50.9. The molecule has 4 nitrogen and oxygen atoms in total. The highest BCUT2D eigenvalue weighted by Crippen LogP contribution is 2.46. The number of aromatic nitrogens is 3. The van der Waals surface area contributed by atoms with Crippen LogP contribution in [0.15, 0.2) is 192 Å². The minimum atomic E-state index is -0.410. The molecule has 58 heavy (non-hydrogen) atoms. The molecule has 0 unspecified atom stereocenters. The van der Waals surface area contributed by atoms with Gasteiger partial charge in [0.2, 0.25) is 0 Å². The Labute approximate surface area is 344 Å². The van der Waals surface area contributed by atoms with Crippen LogP contribution in [0.4, 0.5) is 0 Å². The van der Waals surface area contributed by atoms with Crippen molar-refractivity contribution in [2.45, 2.75) is 0 Å². The van der Waals surface area contributed by atoms with Gasteiger partial charge in [-0.2, -0.15) is 0 Å². The zero-order valence-corrected chi connectivity index (χ0v) is 31.5. The Morgan fingerprint density at radius 1 is 0.379 bits per heavy atom. The Balaban J connectivity index is 1.12. The smallest absolute Gasteiger partial charge is 0.164 e. The molecule has 12 rings (SSSR count). The monoisotopic (exact) mass is 762 g/mol. The third kappa shape index (κ3) is 5.25. The lowest BCUT2D eigenvalue weighted by atomic mass is 9.91. The van der Waals surface area contributed by atoms with Crippen molar-refractivity contribution in [3.8, 4) is 56.4 Å². The average Bonchev–Trinajstić information content (AvgIpc) is 3.91. The number of hydrogen-bond donors (Lipinski definition) is 0. The van der Waals surface area contributed by atoms with Crippen LogP contribution in [0.5, 0.6) is 0 Å². The van der Waals surface area contributed by atoms with Crippen LogP contribution < -0.4 is 0 Å². The number of thiophene rings is 1. The Hall–Kier alpha value is -7.47. The summed E-state index contributed by atoms with van der Waals surface area (Å²) in [5, 5.41) is 8.34. The van der Waals surface area contributed by atoms with Gasteiger partial charge in [0.15, 0.2) is 17.5 Å². The maximum Gasteiger partial charge on any atom is 0.164 e. The first kappa shape index (κ1) is 28.0. The number of furan rings is 1. The van der Waals surface area contributed by atoms with E-state index >= 15 is 0 Å². The maximum atomic E-state index is 8.83. The number of para-hydroxylation sites is 1. The SMILES string of the molecule is [2H]c1c([2H])c([2H])c(-c2cccc3c2sc2c(-c4cc(-c5nc(-c6ccccc6)nc(-c6ccc7c(c6)oc6ccccc67)n5)cc5c4ccc4ccccc45)cccc23)c([2H])c1[2H]. The van der Waals surface area contributed by atoms with Crippen molar-refractivity contribution in [3.05, 3.63) is 188 Å². The summed E-state index contributed by atoms with van der Waals surface area (Å²) >= 11 is 1.57. The summed E-state index contributed by atoms with van der Waals surface area (Å²) in [6.45, 7) is 0. The summed E-state index contributed by atoms with van der Waals surface area (Å²) in [5.74, 6) is 1.59. The fraction of sp³-hybridized carbons (Fsp3) is 0. The lowest BCUT2D eigenvalue weighted by Gasteiger charge is -2.14. The van der Waals surface area contributed by atoms with E-state index in [2.05, 4.69) is 72.8 Å². The summed E-state index contributed by atoms with van der Waals surface area (Å²) in [7, 11) is 0. The Bertz CT molecular complexity index is 3850. The molecule has 3 aromatic heterocycles. The van der Waals surface area contributed by atoms with Gasteiger partial charge in [0.05, 0.1) is 6.85 Å². The zero-order valence-electron chi connectivity index (χ0n) is 35.7. The summed E-state index contributed by atoms with van der Waals surface area (Å²) in [4.78, 5) is 15.5. The van der Waals surface area contributed by atoms with Crippen LogP contribution in [0.3, 0.4) is 0 Å². The van der Waals surface area contributed by atoms with Gasteiger partial charge < -0.3 is 4.42 Å². The third-order valence-corrected chi connectivity index (χ3v) is 12.3. The van der Waals surface area contributed by atoms with E-state index in [0.717, 1.165) is 91.5 Å². The van der Waals surface area contributed by atoms with E-state index in [-0.39, 0.29) is 29.7 Å². The molecule has 0 bridgehead atoms. The quantitative estimate of drug-likeness (QED) is 0.164. The molecular weight excluding hydrogens is 727 g/mol. The van der Waals surface area contributed by atoms with Gasteiger partial charge in [-0.15, -0.1) is 11.3 Å². The predicted octanol–water partition coefficient (Wildman–Crippen LogP) is 14.8. The molecule has 0 amide bonds. The van der Waals surface area contributed by atoms with Gasteiger partial charge in [0, 0.05) is 53.2 Å². The van der Waals surface area contributed by atoms with Crippen LogP contribution in [-0.4, -0.2) is 15.0 Å². The second kappa shape index (κ2) is 13.1. The van der Waals surface area contributed by atoms with Crippen LogP contribution in [0.2, 0.25) is 0 Å². The van der Waals surface area contributed by atoms with Crippen LogP contribution in [0, 0.1) is 0 Å². The van der Waals surface area contributed by atoms with Gasteiger partial charge in [-0.25, -0.2) is 15.0 Å². The number of fused-ring (bicyclic) bond motifs is 9. The molecule has 0 fully saturated rings. The van der Waals surface area contributed by atoms with Gasteiger partial charge in [-0.05, 0) is 68.6 Å². The van der Waals surface area contributed by atoms with E-state index in [1.165, 1.54) is 0 Å². The third-order valence-electron chi connectivity index (χ3n) is 11.0. The predicted molar refractivity (Wildman–Crippen MR) is 242 cm³/mol. The fourth-order valence-electron chi connectivity index (χ4n) is 8.30. The molecule has 0 aliphatic heterocycles. The Morgan fingerprint density at radius 2 is 1.02 bits per heavy atom. The fourth-order valence-corrected chi connectivity index (χ4v) is 9.65. The van der Waals surface area contributed by atoms with Gasteiger partial charge in [-0.1, -0.05) is 158 Å². The molecule has 5 heteroatoms. The molecule has 9 aromatic carbocycles. The summed E-state index contributed by atoms with van der Waals surface area (Å²) in [6.07, 6.45) is 0. The van der Waals surface area contributed by atoms with Crippen molar-refractivity contribution in [1.29, 1.82) is 0 Å². The lowest BCUT2D eigenvalue weighted by Crippen LogP contribution is -2.00. The first-order valence-electron chi connectivity index (χ1n) is 21.5. The Kier molecular flexibility index (Phi) is 6.30. The highest BCUT2D eigenvalue weighted by Gasteiger charge is 2.20. The first-order chi connectivity index (χ1) is 30.8. The molecule has 0 aliphatic carbocycles. The topological polar surface area (TPSA) is 51.8 Å². The normalized spacial score (nSPS) is 13.0. The highest BCUT2D eigenvalue weighted by atomic mass is 32.1. The van der Waals surface area contributed by atoms with Gasteiger partial charge >= 0.3 is 0 Å². The molecule has 3 heterocycles. The lowest BCUT2D eigenvalue weighted by molar-refractivity contribution is 0.669. The van der Waals surface area contributed by atoms with Crippen molar-refractivity contribution in [2.24, 2.45) is 0 Å². The molecule has 0 radical (unpaired) electrons. The van der Waals surface area contributed by atoms with E-state index in [1.54, 1.807) is 11.3 Å². The Morgan fingerprint density at radius 3 is 1.84 bits per heavy atom. The average molecular weight is 763 g/mol. The van der Waals surface area contributed by atoms with Crippen LogP contribution in [0.25, 0.3) is 120 Å². The second-order valence-corrected chi connectivity index (χ2v) is 15.4. The maximum absolute atomic E-state index is 8.83. The van der Waals surface area contributed by atoms with Gasteiger partial charge in [0.25, 0.3) is 0 Å². The van der Waals surface area contributed by atoms with Gasteiger partial charge in [0.1, 0.15) is 11.2 Å². The van der Waals surface area contributed by atoms with Crippen LogP contribution >= 0.6 is 11.3 Å². The van der Waals surface area contributed by atoms with E-state index < -0.39 is 6.04 Å².